The van der Waals surface area contributed by atoms with E-state index >= 15 is 0 Å². The molecule has 0 atom stereocenters. The SMILES string of the molecule is CCCn1cc(CNCC(=O)OC)cn1. The number of esters is 1. The molecular weight excluding hydrogens is 194 g/mol. The number of hydrogen-bond donors (Lipinski definition) is 1. The van der Waals surface area contributed by atoms with Gasteiger partial charge in [-0.25, -0.2) is 0 Å². The van der Waals surface area contributed by atoms with Gasteiger partial charge < -0.3 is 10.1 Å². The smallest absolute Gasteiger partial charge is 0.319 e. The molecule has 0 bridgehead atoms. The summed E-state index contributed by atoms with van der Waals surface area (Å²) in [5, 5.41) is 7.16. The second-order valence-corrected chi connectivity index (χ2v) is 3.29. The van der Waals surface area contributed by atoms with Gasteiger partial charge in [0.15, 0.2) is 0 Å². The number of rotatable bonds is 6. The largest absolute Gasteiger partial charge is 0.468 e. The molecule has 0 amide bonds. The Bertz CT molecular complexity index is 309. The van der Waals surface area contributed by atoms with Gasteiger partial charge >= 0.3 is 5.97 Å². The Balaban J connectivity index is 2.28. The molecule has 0 unspecified atom stereocenters. The highest BCUT2D eigenvalue weighted by molar-refractivity contribution is 5.71. The molecule has 0 aliphatic carbocycles. The molecule has 84 valence electrons. The van der Waals surface area contributed by atoms with Gasteiger partial charge in [-0.3, -0.25) is 9.48 Å². The first-order chi connectivity index (χ1) is 7.26. The zero-order valence-corrected chi connectivity index (χ0v) is 9.19. The number of carbonyl (C=O) groups is 1. The van der Waals surface area contributed by atoms with Gasteiger partial charge in [0.1, 0.15) is 0 Å². The summed E-state index contributed by atoms with van der Waals surface area (Å²) in [6.45, 7) is 3.90. The van der Waals surface area contributed by atoms with E-state index in [9.17, 15) is 4.79 Å². The summed E-state index contributed by atoms with van der Waals surface area (Å²) in [6.07, 6.45) is 4.85. The summed E-state index contributed by atoms with van der Waals surface area (Å²) in [7, 11) is 1.38. The van der Waals surface area contributed by atoms with Crippen LogP contribution in [-0.4, -0.2) is 29.4 Å². The molecule has 1 N–H and O–H groups in total. The molecule has 15 heavy (non-hydrogen) atoms. The predicted octanol–water partition coefficient (Wildman–Crippen LogP) is 0.556. The van der Waals surface area contributed by atoms with E-state index in [1.165, 1.54) is 7.11 Å². The van der Waals surface area contributed by atoms with Crippen LogP contribution in [0.3, 0.4) is 0 Å². The summed E-state index contributed by atoms with van der Waals surface area (Å²) in [5.41, 5.74) is 1.08. The molecule has 0 spiro atoms. The second kappa shape index (κ2) is 6.19. The van der Waals surface area contributed by atoms with Crippen molar-refractivity contribution in [1.29, 1.82) is 0 Å². The van der Waals surface area contributed by atoms with Gasteiger partial charge in [0.05, 0.1) is 19.9 Å². The molecule has 0 aromatic carbocycles. The lowest BCUT2D eigenvalue weighted by Crippen LogP contribution is -2.23. The number of carbonyl (C=O) groups excluding carboxylic acids is 1. The third kappa shape index (κ3) is 4.12. The molecule has 0 radical (unpaired) electrons. The van der Waals surface area contributed by atoms with Gasteiger partial charge in [0.25, 0.3) is 0 Å². The fourth-order valence-electron chi connectivity index (χ4n) is 1.23. The highest BCUT2D eigenvalue weighted by Gasteiger charge is 2.00. The maximum atomic E-state index is 10.8. The van der Waals surface area contributed by atoms with Crippen molar-refractivity contribution >= 4 is 5.97 Å². The second-order valence-electron chi connectivity index (χ2n) is 3.29. The van der Waals surface area contributed by atoms with Crippen molar-refractivity contribution in [1.82, 2.24) is 15.1 Å². The molecule has 5 nitrogen and oxygen atoms in total. The normalized spacial score (nSPS) is 10.3. The monoisotopic (exact) mass is 211 g/mol. The third-order valence-corrected chi connectivity index (χ3v) is 1.97. The highest BCUT2D eigenvalue weighted by Crippen LogP contribution is 1.97. The topological polar surface area (TPSA) is 56.2 Å². The van der Waals surface area contributed by atoms with Gasteiger partial charge in [0.2, 0.25) is 0 Å². The molecule has 0 saturated carbocycles. The van der Waals surface area contributed by atoms with E-state index in [1.807, 2.05) is 10.9 Å². The van der Waals surface area contributed by atoms with Crippen molar-refractivity contribution in [2.45, 2.75) is 26.4 Å². The maximum Gasteiger partial charge on any atom is 0.319 e. The van der Waals surface area contributed by atoms with Crippen molar-refractivity contribution < 1.29 is 9.53 Å². The lowest BCUT2D eigenvalue weighted by Gasteiger charge is -2.00. The number of hydrogen-bond acceptors (Lipinski definition) is 4. The van der Waals surface area contributed by atoms with Crippen molar-refractivity contribution in [3.05, 3.63) is 18.0 Å². The van der Waals surface area contributed by atoms with Crippen LogP contribution in [0.5, 0.6) is 0 Å². The third-order valence-electron chi connectivity index (χ3n) is 1.97. The molecule has 0 saturated heterocycles. The average Bonchev–Trinajstić information content (AvgIpc) is 2.66. The van der Waals surface area contributed by atoms with Crippen molar-refractivity contribution in [3.8, 4) is 0 Å². The standard InChI is InChI=1S/C10H17N3O2/c1-3-4-13-8-9(6-12-13)5-11-7-10(14)15-2/h6,8,11H,3-5,7H2,1-2H3. The Labute approximate surface area is 89.4 Å². The number of nitrogens with zero attached hydrogens (tertiary/aromatic N) is 2. The molecule has 1 aromatic rings. The fraction of sp³-hybridized carbons (Fsp3) is 0.600. The first kappa shape index (κ1) is 11.7. The van der Waals surface area contributed by atoms with Crippen molar-refractivity contribution in [3.63, 3.8) is 0 Å². The lowest BCUT2D eigenvalue weighted by atomic mass is 10.3. The van der Waals surface area contributed by atoms with Gasteiger partial charge in [-0.05, 0) is 6.42 Å². The zero-order valence-electron chi connectivity index (χ0n) is 9.19. The summed E-state index contributed by atoms with van der Waals surface area (Å²) >= 11 is 0. The van der Waals surface area contributed by atoms with Crippen LogP contribution in [0, 0.1) is 0 Å². The van der Waals surface area contributed by atoms with E-state index in [2.05, 4.69) is 22.1 Å². The molecule has 1 aromatic heterocycles. The van der Waals surface area contributed by atoms with Crippen LogP contribution in [-0.2, 0) is 22.6 Å². The minimum Gasteiger partial charge on any atom is -0.468 e. The van der Waals surface area contributed by atoms with Crippen LogP contribution < -0.4 is 5.32 Å². The first-order valence-corrected chi connectivity index (χ1v) is 5.05. The van der Waals surface area contributed by atoms with Crippen LogP contribution >= 0.6 is 0 Å². The summed E-state index contributed by atoms with van der Waals surface area (Å²) in [4.78, 5) is 10.8. The summed E-state index contributed by atoms with van der Waals surface area (Å²) in [5.74, 6) is -0.254. The summed E-state index contributed by atoms with van der Waals surface area (Å²) < 4.78 is 6.41. The van der Waals surface area contributed by atoms with Crippen LogP contribution in [0.15, 0.2) is 12.4 Å². The maximum absolute atomic E-state index is 10.8. The molecule has 0 fully saturated rings. The van der Waals surface area contributed by atoms with Gasteiger partial charge in [-0.15, -0.1) is 0 Å². The molecule has 1 heterocycles. The van der Waals surface area contributed by atoms with Crippen molar-refractivity contribution in [2.75, 3.05) is 13.7 Å². The quantitative estimate of drug-likeness (QED) is 0.698. The van der Waals surface area contributed by atoms with Crippen molar-refractivity contribution in [2.24, 2.45) is 0 Å². The van der Waals surface area contributed by atoms with Crippen LogP contribution in [0.2, 0.25) is 0 Å². The molecule has 1 rings (SSSR count). The lowest BCUT2D eigenvalue weighted by molar-refractivity contribution is -0.139. The Morgan fingerprint density at radius 3 is 3.13 bits per heavy atom. The molecule has 5 heteroatoms. The number of methoxy groups -OCH3 is 1. The first-order valence-electron chi connectivity index (χ1n) is 5.05. The Hall–Kier alpha value is -1.36. The number of ether oxygens (including phenoxy) is 1. The Morgan fingerprint density at radius 1 is 1.67 bits per heavy atom. The number of aromatic nitrogens is 2. The Morgan fingerprint density at radius 2 is 2.47 bits per heavy atom. The van der Waals surface area contributed by atoms with E-state index < -0.39 is 0 Å². The highest BCUT2D eigenvalue weighted by atomic mass is 16.5. The van der Waals surface area contributed by atoms with Crippen LogP contribution in [0.1, 0.15) is 18.9 Å². The van der Waals surface area contributed by atoms with E-state index in [4.69, 9.17) is 0 Å². The van der Waals surface area contributed by atoms with Gasteiger partial charge in [-0.2, -0.15) is 5.10 Å². The minimum atomic E-state index is -0.254. The fourth-order valence-corrected chi connectivity index (χ4v) is 1.23. The van der Waals surface area contributed by atoms with E-state index in [0.717, 1.165) is 18.5 Å². The minimum absolute atomic E-state index is 0.232. The predicted molar refractivity (Wildman–Crippen MR) is 56.2 cm³/mol. The number of nitrogens with one attached hydrogen (secondary N) is 1. The average molecular weight is 211 g/mol. The molecule has 0 aliphatic heterocycles. The van der Waals surface area contributed by atoms with E-state index in [0.29, 0.717) is 6.54 Å². The molecule has 0 aliphatic rings. The number of aryl methyl sites for hydroxylation is 1. The van der Waals surface area contributed by atoms with Crippen LogP contribution in [0.25, 0.3) is 0 Å². The van der Waals surface area contributed by atoms with E-state index in [-0.39, 0.29) is 12.5 Å². The Kier molecular flexibility index (Phi) is 4.83. The van der Waals surface area contributed by atoms with Crippen LogP contribution in [0.4, 0.5) is 0 Å². The molecular formula is C10H17N3O2. The van der Waals surface area contributed by atoms with E-state index in [1.54, 1.807) is 6.20 Å². The van der Waals surface area contributed by atoms with Gasteiger partial charge in [0, 0.05) is 24.8 Å². The summed E-state index contributed by atoms with van der Waals surface area (Å²) in [6, 6.07) is 0. The van der Waals surface area contributed by atoms with Gasteiger partial charge in [-0.1, -0.05) is 6.92 Å². The zero-order chi connectivity index (χ0) is 11.1.